The highest BCUT2D eigenvalue weighted by molar-refractivity contribution is 5.80. The zero-order chi connectivity index (χ0) is 23.6. The largest absolute Gasteiger partial charge is 0.493 e. The van der Waals surface area contributed by atoms with Crippen LogP contribution < -0.4 is 15.1 Å². The molecule has 3 rings (SSSR count). The minimum atomic E-state index is -1.48. The van der Waals surface area contributed by atoms with Gasteiger partial charge >= 0.3 is 5.63 Å². The van der Waals surface area contributed by atoms with E-state index in [0.29, 0.717) is 16.7 Å². The first-order valence-corrected chi connectivity index (χ1v) is 10.3. The van der Waals surface area contributed by atoms with Crippen molar-refractivity contribution in [2.45, 2.75) is 56.4 Å². The third-order valence-electron chi connectivity index (χ3n) is 5.89. The molecule has 1 aliphatic carbocycles. The van der Waals surface area contributed by atoms with Gasteiger partial charge < -0.3 is 44.2 Å². The van der Waals surface area contributed by atoms with Crippen molar-refractivity contribution in [3.8, 4) is 11.5 Å². The van der Waals surface area contributed by atoms with Gasteiger partial charge in [0.2, 0.25) is 0 Å². The maximum Gasteiger partial charge on any atom is 0.336 e. The average Bonchev–Trinajstić information content (AvgIpc) is 2.76. The summed E-state index contributed by atoms with van der Waals surface area (Å²) < 4.78 is 22.1. The van der Waals surface area contributed by atoms with E-state index < -0.39 is 47.7 Å². The number of aliphatic hydroxyl groups excluding tert-OH is 5. The number of rotatable bonds is 8. The van der Waals surface area contributed by atoms with Crippen LogP contribution in [0.1, 0.15) is 20.3 Å². The van der Waals surface area contributed by atoms with Crippen LogP contribution in [0.2, 0.25) is 0 Å². The number of benzene rings is 1. The molecule has 0 bridgehead atoms. The molecule has 6 atom stereocenters. The molecular weight excluding hydrogens is 424 g/mol. The summed E-state index contributed by atoms with van der Waals surface area (Å²) in [4.78, 5) is 11.5. The summed E-state index contributed by atoms with van der Waals surface area (Å²) in [5.41, 5.74) is -1.43. The Morgan fingerprint density at radius 1 is 1.12 bits per heavy atom. The Kier molecular flexibility index (Phi) is 7.43. The summed E-state index contributed by atoms with van der Waals surface area (Å²) in [6.07, 6.45) is -6.12. The van der Waals surface area contributed by atoms with E-state index in [-0.39, 0.29) is 25.4 Å². The Morgan fingerprint density at radius 2 is 1.84 bits per heavy atom. The zero-order valence-corrected chi connectivity index (χ0v) is 18.2. The van der Waals surface area contributed by atoms with E-state index in [2.05, 4.69) is 0 Å². The topological polar surface area (TPSA) is 159 Å². The van der Waals surface area contributed by atoms with Crippen molar-refractivity contribution in [2.75, 3.05) is 20.3 Å². The SMILES string of the molecule is COc1cc2ccc(=O)oc2cc1OC[C@H](O)C(C)(C)O[C@@H]1C[C@H](CO)[C@@H](O)[C@H](O)[C@H]1O. The van der Waals surface area contributed by atoms with Crippen LogP contribution in [-0.4, -0.2) is 82.0 Å². The zero-order valence-electron chi connectivity index (χ0n) is 18.2. The molecule has 0 unspecified atom stereocenters. The minimum absolute atomic E-state index is 0.102. The van der Waals surface area contributed by atoms with Gasteiger partial charge in [0, 0.05) is 30.0 Å². The van der Waals surface area contributed by atoms with E-state index in [1.807, 2.05) is 0 Å². The lowest BCUT2D eigenvalue weighted by Gasteiger charge is -2.43. The van der Waals surface area contributed by atoms with Gasteiger partial charge in [-0.05, 0) is 32.4 Å². The molecule has 10 heteroatoms. The highest BCUT2D eigenvalue weighted by Gasteiger charge is 2.45. The molecule has 1 aliphatic rings. The molecule has 32 heavy (non-hydrogen) atoms. The summed E-state index contributed by atoms with van der Waals surface area (Å²) in [6, 6.07) is 6.02. The summed E-state index contributed by atoms with van der Waals surface area (Å²) in [5, 5.41) is 51.1. The molecule has 178 valence electrons. The van der Waals surface area contributed by atoms with Gasteiger partial charge in [0.05, 0.1) is 24.9 Å². The summed E-state index contributed by atoms with van der Waals surface area (Å²) in [6.45, 7) is 2.59. The second kappa shape index (κ2) is 9.74. The molecule has 0 saturated heterocycles. The number of aliphatic hydroxyl groups is 5. The lowest BCUT2D eigenvalue weighted by Crippen LogP contribution is -2.58. The van der Waals surface area contributed by atoms with Gasteiger partial charge in [-0.25, -0.2) is 4.79 Å². The fraction of sp³-hybridized carbons (Fsp3) is 0.591. The number of hydrogen-bond donors (Lipinski definition) is 5. The van der Waals surface area contributed by atoms with E-state index in [1.54, 1.807) is 26.0 Å². The van der Waals surface area contributed by atoms with Crippen LogP contribution in [0.15, 0.2) is 33.5 Å². The maximum atomic E-state index is 11.5. The molecule has 1 aromatic carbocycles. The van der Waals surface area contributed by atoms with Crippen molar-refractivity contribution in [1.29, 1.82) is 0 Å². The maximum absolute atomic E-state index is 11.5. The molecule has 0 spiro atoms. The number of hydrogen-bond acceptors (Lipinski definition) is 10. The Balaban J connectivity index is 1.71. The van der Waals surface area contributed by atoms with Crippen molar-refractivity contribution in [3.63, 3.8) is 0 Å². The number of ether oxygens (including phenoxy) is 3. The first-order chi connectivity index (χ1) is 15.1. The highest BCUT2D eigenvalue weighted by Crippen LogP contribution is 2.34. The van der Waals surface area contributed by atoms with E-state index in [4.69, 9.17) is 18.6 Å². The van der Waals surface area contributed by atoms with Crippen molar-refractivity contribution < 1.29 is 44.2 Å². The Labute approximate surface area is 184 Å². The molecule has 0 aliphatic heterocycles. The number of fused-ring (bicyclic) bond motifs is 1. The van der Waals surface area contributed by atoms with E-state index in [9.17, 15) is 30.3 Å². The molecule has 0 radical (unpaired) electrons. The van der Waals surface area contributed by atoms with Crippen LogP contribution in [0.3, 0.4) is 0 Å². The Morgan fingerprint density at radius 3 is 2.50 bits per heavy atom. The predicted octanol–water partition coefficient (Wildman–Crippen LogP) is -0.200. The van der Waals surface area contributed by atoms with Gasteiger partial charge in [-0.15, -0.1) is 0 Å². The van der Waals surface area contributed by atoms with Crippen LogP contribution in [0.25, 0.3) is 11.0 Å². The third kappa shape index (κ3) is 5.06. The smallest absolute Gasteiger partial charge is 0.336 e. The summed E-state index contributed by atoms with van der Waals surface area (Å²) in [7, 11) is 1.46. The van der Waals surface area contributed by atoms with Crippen LogP contribution in [-0.2, 0) is 4.74 Å². The standard InChI is InChI=1S/C22H30O10/c1-22(2,32-16-7-12(9-23)19(26)21(28)20(16)27)17(24)10-30-15-8-13-11(6-14(15)29-3)4-5-18(25)31-13/h4-6,8,12,16-17,19-21,23-24,26-28H,7,9-10H2,1-3H3/t12-,16-,17+,19-,20+,21+/m1/s1. The number of methoxy groups -OCH3 is 1. The lowest BCUT2D eigenvalue weighted by atomic mass is 9.80. The van der Waals surface area contributed by atoms with Crippen LogP contribution >= 0.6 is 0 Å². The molecule has 1 aromatic heterocycles. The quantitative estimate of drug-likeness (QED) is 0.338. The van der Waals surface area contributed by atoms with Crippen molar-refractivity contribution >= 4 is 11.0 Å². The first kappa shape index (κ1) is 24.4. The molecule has 10 nitrogen and oxygen atoms in total. The van der Waals surface area contributed by atoms with Crippen molar-refractivity contribution in [1.82, 2.24) is 0 Å². The molecule has 1 heterocycles. The first-order valence-electron chi connectivity index (χ1n) is 10.3. The third-order valence-corrected chi connectivity index (χ3v) is 5.89. The molecule has 2 aromatic rings. The molecule has 0 amide bonds. The Hall–Kier alpha value is -2.21. The molecule has 5 N–H and O–H groups in total. The van der Waals surface area contributed by atoms with E-state index in [1.165, 1.54) is 19.2 Å². The van der Waals surface area contributed by atoms with Gasteiger partial charge in [-0.3, -0.25) is 0 Å². The molecule has 1 saturated carbocycles. The average molecular weight is 454 g/mol. The van der Waals surface area contributed by atoms with Crippen molar-refractivity contribution in [3.05, 3.63) is 34.7 Å². The second-order valence-electron chi connectivity index (χ2n) is 8.53. The highest BCUT2D eigenvalue weighted by atomic mass is 16.6. The molecular formula is C22H30O10. The monoisotopic (exact) mass is 454 g/mol. The van der Waals surface area contributed by atoms with Gasteiger partial charge in [0.25, 0.3) is 0 Å². The van der Waals surface area contributed by atoms with Crippen LogP contribution in [0, 0.1) is 5.92 Å². The lowest BCUT2D eigenvalue weighted by molar-refractivity contribution is -0.225. The van der Waals surface area contributed by atoms with Crippen molar-refractivity contribution in [2.24, 2.45) is 5.92 Å². The normalized spacial score (nSPS) is 27.3. The Bertz CT molecular complexity index is 969. The van der Waals surface area contributed by atoms with Gasteiger partial charge in [-0.2, -0.15) is 0 Å². The second-order valence-corrected chi connectivity index (χ2v) is 8.53. The summed E-state index contributed by atoms with van der Waals surface area (Å²) in [5.74, 6) is -0.0391. The predicted molar refractivity (Wildman–Crippen MR) is 113 cm³/mol. The van der Waals surface area contributed by atoms with E-state index in [0.717, 1.165) is 0 Å². The van der Waals surface area contributed by atoms with Crippen LogP contribution in [0.4, 0.5) is 0 Å². The fourth-order valence-corrected chi connectivity index (χ4v) is 3.76. The van der Waals surface area contributed by atoms with Gasteiger partial charge in [-0.1, -0.05) is 0 Å². The minimum Gasteiger partial charge on any atom is -0.493 e. The fourth-order valence-electron chi connectivity index (χ4n) is 3.76. The molecule has 1 fully saturated rings. The van der Waals surface area contributed by atoms with E-state index >= 15 is 0 Å². The van der Waals surface area contributed by atoms with Crippen LogP contribution in [0.5, 0.6) is 11.5 Å². The summed E-state index contributed by atoms with van der Waals surface area (Å²) >= 11 is 0. The van der Waals surface area contributed by atoms with Gasteiger partial charge in [0.15, 0.2) is 11.5 Å². The van der Waals surface area contributed by atoms with Gasteiger partial charge in [0.1, 0.15) is 30.5 Å².